The standard InChI is InChI=1S/C7H9PS2/c1-3-7-4-5-8(9,6-7)10-2/h1,4H,5-6H2,2H3. The molecule has 1 atom stereocenters. The normalized spacial score (nSPS) is 31.4. The summed E-state index contributed by atoms with van der Waals surface area (Å²) in [5.74, 6) is 2.66. The van der Waals surface area contributed by atoms with Crippen molar-refractivity contribution in [1.82, 2.24) is 0 Å². The molecule has 0 radical (unpaired) electrons. The van der Waals surface area contributed by atoms with Gasteiger partial charge in [0.1, 0.15) is 0 Å². The van der Waals surface area contributed by atoms with Gasteiger partial charge in [0.15, 0.2) is 0 Å². The van der Waals surface area contributed by atoms with Gasteiger partial charge in [0, 0.05) is 23.1 Å². The van der Waals surface area contributed by atoms with Crippen molar-refractivity contribution in [2.75, 3.05) is 18.6 Å². The lowest BCUT2D eigenvalue weighted by Crippen LogP contribution is -1.79. The lowest BCUT2D eigenvalue weighted by molar-refractivity contribution is 1.63. The van der Waals surface area contributed by atoms with Crippen LogP contribution in [0, 0.1) is 12.3 Å². The summed E-state index contributed by atoms with van der Waals surface area (Å²) in [4.78, 5) is 0. The maximum absolute atomic E-state index is 5.44. The molecule has 0 aromatic carbocycles. The van der Waals surface area contributed by atoms with Gasteiger partial charge in [-0.1, -0.05) is 23.8 Å². The summed E-state index contributed by atoms with van der Waals surface area (Å²) < 4.78 is 0. The summed E-state index contributed by atoms with van der Waals surface area (Å²) in [6.07, 6.45) is 11.5. The molecule has 54 valence electrons. The molecule has 10 heavy (non-hydrogen) atoms. The van der Waals surface area contributed by atoms with Crippen molar-refractivity contribution >= 4 is 28.4 Å². The smallest absolute Gasteiger partial charge is 0.0183 e. The van der Waals surface area contributed by atoms with E-state index in [4.69, 9.17) is 18.2 Å². The van der Waals surface area contributed by atoms with Gasteiger partial charge in [0.2, 0.25) is 0 Å². The SMILES string of the molecule is C#CC1=CCP(=S)(SC)C1. The Kier molecular flexibility index (Phi) is 2.63. The molecule has 1 unspecified atom stereocenters. The van der Waals surface area contributed by atoms with E-state index in [-0.39, 0.29) is 0 Å². The molecule has 1 heterocycles. The Hall–Kier alpha value is 0.300. The molecule has 3 heteroatoms. The first kappa shape index (κ1) is 8.40. The van der Waals surface area contributed by atoms with E-state index in [1.807, 2.05) is 11.4 Å². The highest BCUT2D eigenvalue weighted by molar-refractivity contribution is 8.70. The van der Waals surface area contributed by atoms with Crippen molar-refractivity contribution in [3.63, 3.8) is 0 Å². The summed E-state index contributed by atoms with van der Waals surface area (Å²) >= 11 is 7.27. The van der Waals surface area contributed by atoms with Crippen LogP contribution >= 0.6 is 16.6 Å². The number of hydrogen-bond donors (Lipinski definition) is 0. The predicted molar refractivity (Wildman–Crippen MR) is 54.5 cm³/mol. The van der Waals surface area contributed by atoms with Crippen molar-refractivity contribution < 1.29 is 0 Å². The van der Waals surface area contributed by atoms with Crippen LogP contribution in [0.2, 0.25) is 0 Å². The Morgan fingerprint density at radius 1 is 1.90 bits per heavy atom. The second kappa shape index (κ2) is 3.13. The minimum absolute atomic E-state index is 1.00. The third kappa shape index (κ3) is 1.66. The fraction of sp³-hybridized carbons (Fsp3) is 0.429. The average Bonchev–Trinajstić information content (AvgIpc) is 2.33. The van der Waals surface area contributed by atoms with Crippen LogP contribution in [0.1, 0.15) is 0 Å². The Morgan fingerprint density at radius 3 is 2.90 bits per heavy atom. The molecule has 0 bridgehead atoms. The van der Waals surface area contributed by atoms with Crippen molar-refractivity contribution in [2.45, 2.75) is 0 Å². The molecule has 0 amide bonds. The summed E-state index contributed by atoms with van der Waals surface area (Å²) in [6, 6.07) is 0. The van der Waals surface area contributed by atoms with Crippen molar-refractivity contribution in [3.8, 4) is 12.3 Å². The van der Waals surface area contributed by atoms with E-state index in [9.17, 15) is 0 Å². The minimum Gasteiger partial charge on any atom is -0.127 e. The van der Waals surface area contributed by atoms with Crippen LogP contribution in [0.3, 0.4) is 0 Å². The Labute approximate surface area is 71.2 Å². The predicted octanol–water partition coefficient (Wildman–Crippen LogP) is 2.32. The van der Waals surface area contributed by atoms with Crippen LogP contribution in [0.15, 0.2) is 11.6 Å². The van der Waals surface area contributed by atoms with E-state index >= 15 is 0 Å². The van der Waals surface area contributed by atoms with Crippen LogP contribution < -0.4 is 0 Å². The van der Waals surface area contributed by atoms with Crippen LogP contribution in [0.4, 0.5) is 0 Å². The molecular formula is C7H9PS2. The zero-order valence-corrected chi connectivity index (χ0v) is 8.36. The first-order valence-corrected chi connectivity index (χ1v) is 8.00. The molecule has 1 rings (SSSR count). The lowest BCUT2D eigenvalue weighted by atomic mass is 10.3. The first-order valence-electron chi connectivity index (χ1n) is 3.00. The summed E-state index contributed by atoms with van der Waals surface area (Å²) in [6.45, 7) is 0. The van der Waals surface area contributed by atoms with Gasteiger partial charge in [-0.25, -0.2) is 0 Å². The zero-order valence-electron chi connectivity index (χ0n) is 5.83. The fourth-order valence-electron chi connectivity index (χ4n) is 0.882. The van der Waals surface area contributed by atoms with E-state index in [0.717, 1.165) is 17.9 Å². The highest BCUT2D eigenvalue weighted by atomic mass is 32.9. The Morgan fingerprint density at radius 2 is 2.60 bits per heavy atom. The molecule has 0 aromatic heterocycles. The quantitative estimate of drug-likeness (QED) is 0.457. The van der Waals surface area contributed by atoms with E-state index in [1.54, 1.807) is 0 Å². The van der Waals surface area contributed by atoms with E-state index in [0.29, 0.717) is 0 Å². The Balaban J connectivity index is 2.70. The molecule has 0 spiro atoms. The topological polar surface area (TPSA) is 0 Å². The molecule has 0 N–H and O–H groups in total. The van der Waals surface area contributed by atoms with Crippen molar-refractivity contribution in [2.24, 2.45) is 0 Å². The number of allylic oxidation sites excluding steroid dienone is 2. The van der Waals surface area contributed by atoms with Crippen molar-refractivity contribution in [1.29, 1.82) is 0 Å². The highest BCUT2D eigenvalue weighted by Gasteiger charge is 2.21. The maximum Gasteiger partial charge on any atom is 0.0183 e. The summed E-state index contributed by atoms with van der Waals surface area (Å²) in [5.41, 5.74) is 1.12. The van der Waals surface area contributed by atoms with Gasteiger partial charge in [-0.3, -0.25) is 0 Å². The molecule has 0 aliphatic carbocycles. The van der Waals surface area contributed by atoms with Crippen LogP contribution in [-0.2, 0) is 11.8 Å². The summed E-state index contributed by atoms with van der Waals surface area (Å²) in [7, 11) is 0. The minimum atomic E-state index is -1.11. The van der Waals surface area contributed by atoms with Crippen LogP contribution in [0.5, 0.6) is 0 Å². The monoisotopic (exact) mass is 188 g/mol. The molecule has 0 fully saturated rings. The molecule has 1 aliphatic rings. The van der Waals surface area contributed by atoms with Gasteiger partial charge in [0.25, 0.3) is 0 Å². The highest BCUT2D eigenvalue weighted by Crippen LogP contribution is 2.61. The average molecular weight is 188 g/mol. The van der Waals surface area contributed by atoms with Gasteiger partial charge in [-0.15, -0.1) is 17.8 Å². The molecule has 0 nitrogen and oxygen atoms in total. The molecule has 0 saturated carbocycles. The van der Waals surface area contributed by atoms with Crippen LogP contribution in [0.25, 0.3) is 0 Å². The second-order valence-corrected chi connectivity index (χ2v) is 10.9. The van der Waals surface area contributed by atoms with Crippen molar-refractivity contribution in [3.05, 3.63) is 11.6 Å². The largest absolute Gasteiger partial charge is 0.127 e. The number of rotatable bonds is 1. The molecule has 1 aliphatic heterocycles. The maximum atomic E-state index is 5.44. The first-order chi connectivity index (χ1) is 4.70. The molecule has 0 aromatic rings. The molecular weight excluding hydrogens is 179 g/mol. The second-order valence-electron chi connectivity index (χ2n) is 2.21. The molecule has 0 saturated heterocycles. The van der Waals surface area contributed by atoms with Gasteiger partial charge in [-0.05, 0) is 6.26 Å². The summed E-state index contributed by atoms with van der Waals surface area (Å²) in [5, 5.41) is -1.11. The van der Waals surface area contributed by atoms with E-state index < -0.39 is 5.24 Å². The third-order valence-electron chi connectivity index (χ3n) is 1.55. The number of hydrogen-bond acceptors (Lipinski definition) is 2. The van der Waals surface area contributed by atoms with Gasteiger partial charge in [-0.2, -0.15) is 0 Å². The van der Waals surface area contributed by atoms with Gasteiger partial charge in [0.05, 0.1) is 0 Å². The Bertz CT molecular complexity index is 247. The lowest BCUT2D eigenvalue weighted by Gasteiger charge is -2.09. The van der Waals surface area contributed by atoms with Crippen LogP contribution in [-0.4, -0.2) is 18.6 Å². The third-order valence-corrected chi connectivity index (χ3v) is 8.78. The van der Waals surface area contributed by atoms with E-state index in [2.05, 4.69) is 18.3 Å². The van der Waals surface area contributed by atoms with E-state index in [1.165, 1.54) is 0 Å². The van der Waals surface area contributed by atoms with Gasteiger partial charge < -0.3 is 0 Å². The van der Waals surface area contributed by atoms with Gasteiger partial charge >= 0.3 is 0 Å². The number of terminal acetylenes is 1. The fourth-order valence-corrected chi connectivity index (χ4v) is 4.64. The zero-order chi connectivity index (χ0) is 7.61.